The van der Waals surface area contributed by atoms with Crippen LogP contribution in [0.15, 0.2) is 66.7 Å². The molecule has 6 heteroatoms. The zero-order valence-corrected chi connectivity index (χ0v) is 16.8. The molecule has 0 radical (unpaired) electrons. The third-order valence-corrected chi connectivity index (χ3v) is 4.16. The average molecular weight is 375 g/mol. The van der Waals surface area contributed by atoms with Gasteiger partial charge in [-0.1, -0.05) is 42.5 Å². The van der Waals surface area contributed by atoms with Crippen LogP contribution in [0.2, 0.25) is 0 Å². The summed E-state index contributed by atoms with van der Waals surface area (Å²) in [5, 5.41) is 12.8. The molecule has 0 heterocycles. The average Bonchev–Trinajstić information content (AvgIpc) is 2.62. The van der Waals surface area contributed by atoms with Crippen LogP contribution in [0.25, 0.3) is 16.3 Å². The van der Waals surface area contributed by atoms with E-state index >= 15 is 0 Å². The van der Waals surface area contributed by atoms with E-state index in [1.165, 1.54) is 6.07 Å². The van der Waals surface area contributed by atoms with Crippen molar-refractivity contribution in [2.45, 2.75) is 12.5 Å². The normalized spacial score (nSPS) is 12.5. The van der Waals surface area contributed by atoms with Crippen LogP contribution < -0.4 is 40.4 Å². The van der Waals surface area contributed by atoms with Crippen molar-refractivity contribution in [2.24, 2.45) is 5.73 Å². The molecule has 2 N–H and O–H groups in total. The fourth-order valence-corrected chi connectivity index (χ4v) is 2.79. The summed E-state index contributed by atoms with van der Waals surface area (Å²) in [6, 6.07) is 15.3. The van der Waals surface area contributed by atoms with Crippen LogP contribution in [-0.2, 0) is 4.79 Å². The first kappa shape index (κ1) is 21.3. The van der Waals surface area contributed by atoms with Crippen molar-refractivity contribution in [3.8, 4) is 0 Å². The minimum absolute atomic E-state index is 0. The van der Waals surface area contributed by atoms with E-state index in [2.05, 4.69) is 0 Å². The molecule has 0 aliphatic rings. The molecule has 27 heavy (non-hydrogen) atoms. The molecular formula is C21H16F2NNaO2. The number of hydrogen-bond donors (Lipinski definition) is 1. The van der Waals surface area contributed by atoms with Crippen LogP contribution in [0, 0.1) is 11.6 Å². The standard InChI is InChI=1S/C21H17F2NO2.Na/c22-16-7-8-18(19(23)12-16)17(9-10-20(24)21(25)26)15-6-5-13-3-1-2-4-14(13)11-15;/h1-9,11-12,20H,10,24H2,(H,25,26);/q;+1/p-1/b17-9+;/t20-;/m0./s1. The number of hydrogen-bond acceptors (Lipinski definition) is 3. The van der Waals surface area contributed by atoms with Crippen molar-refractivity contribution >= 4 is 22.3 Å². The fraction of sp³-hybridized carbons (Fsp3) is 0.0952. The maximum Gasteiger partial charge on any atom is 1.00 e. The van der Waals surface area contributed by atoms with Gasteiger partial charge >= 0.3 is 29.6 Å². The predicted molar refractivity (Wildman–Crippen MR) is 95.0 cm³/mol. The summed E-state index contributed by atoms with van der Waals surface area (Å²) in [5.41, 5.74) is 6.82. The van der Waals surface area contributed by atoms with Gasteiger partial charge in [-0.15, -0.1) is 0 Å². The Morgan fingerprint density at radius 3 is 2.41 bits per heavy atom. The molecule has 0 amide bonds. The minimum atomic E-state index is -1.39. The Kier molecular flexibility index (Phi) is 7.27. The molecule has 0 spiro atoms. The summed E-state index contributed by atoms with van der Waals surface area (Å²) in [7, 11) is 0. The van der Waals surface area contributed by atoms with Crippen molar-refractivity contribution < 1.29 is 48.2 Å². The minimum Gasteiger partial charge on any atom is -0.548 e. The van der Waals surface area contributed by atoms with E-state index in [1.54, 1.807) is 6.08 Å². The Morgan fingerprint density at radius 2 is 1.74 bits per heavy atom. The molecule has 0 saturated carbocycles. The van der Waals surface area contributed by atoms with E-state index < -0.39 is 23.6 Å². The summed E-state index contributed by atoms with van der Waals surface area (Å²) in [4.78, 5) is 10.9. The van der Waals surface area contributed by atoms with Crippen molar-refractivity contribution in [3.05, 3.63) is 89.5 Å². The van der Waals surface area contributed by atoms with E-state index in [9.17, 15) is 18.7 Å². The topological polar surface area (TPSA) is 66.2 Å². The largest absolute Gasteiger partial charge is 1.00 e. The Hall–Kier alpha value is -2.05. The number of fused-ring (bicyclic) bond motifs is 1. The van der Waals surface area contributed by atoms with E-state index in [0.717, 1.165) is 22.9 Å². The summed E-state index contributed by atoms with van der Waals surface area (Å²) in [5.74, 6) is -2.80. The van der Waals surface area contributed by atoms with Gasteiger partial charge in [0, 0.05) is 17.7 Å². The predicted octanol–water partition coefficient (Wildman–Crippen LogP) is 0.0210. The van der Waals surface area contributed by atoms with Crippen LogP contribution >= 0.6 is 0 Å². The number of nitrogens with two attached hydrogens (primary N) is 1. The Balaban J connectivity index is 0.00000261. The SMILES string of the molecule is N[C@@H](C/C=C(\c1ccc2ccccc2c1)c1ccc(F)cc1F)C(=O)[O-].[Na+]. The van der Waals surface area contributed by atoms with Gasteiger partial charge in [-0.2, -0.15) is 0 Å². The van der Waals surface area contributed by atoms with Gasteiger partial charge in [-0.05, 0) is 46.5 Å². The summed E-state index contributed by atoms with van der Waals surface area (Å²) in [6.07, 6.45) is 1.50. The molecule has 0 bridgehead atoms. The number of halogens is 2. The maximum absolute atomic E-state index is 14.3. The molecule has 3 nitrogen and oxygen atoms in total. The number of carboxylic acids is 1. The van der Waals surface area contributed by atoms with Gasteiger partial charge in [0.15, 0.2) is 0 Å². The molecule has 0 unspecified atom stereocenters. The molecule has 0 fully saturated rings. The number of benzene rings is 3. The van der Waals surface area contributed by atoms with Gasteiger partial charge in [0.05, 0.1) is 5.97 Å². The number of rotatable bonds is 5. The summed E-state index contributed by atoms with van der Waals surface area (Å²) >= 11 is 0. The number of carbonyl (C=O) groups is 1. The van der Waals surface area contributed by atoms with Crippen LogP contribution in [0.3, 0.4) is 0 Å². The molecular weight excluding hydrogens is 359 g/mol. The second-order valence-electron chi connectivity index (χ2n) is 5.97. The summed E-state index contributed by atoms with van der Waals surface area (Å²) in [6.45, 7) is 0. The van der Waals surface area contributed by atoms with Gasteiger partial charge < -0.3 is 15.6 Å². The number of aliphatic carboxylic acids is 1. The van der Waals surface area contributed by atoms with Crippen LogP contribution in [0.1, 0.15) is 17.5 Å². The molecule has 132 valence electrons. The summed E-state index contributed by atoms with van der Waals surface area (Å²) < 4.78 is 27.6. The van der Waals surface area contributed by atoms with Gasteiger partial charge in [-0.25, -0.2) is 8.78 Å². The van der Waals surface area contributed by atoms with E-state index in [1.807, 2.05) is 42.5 Å². The van der Waals surface area contributed by atoms with Crippen molar-refractivity contribution in [1.29, 1.82) is 0 Å². The Morgan fingerprint density at radius 1 is 1.04 bits per heavy atom. The second-order valence-corrected chi connectivity index (χ2v) is 5.97. The first-order valence-corrected chi connectivity index (χ1v) is 8.07. The van der Waals surface area contributed by atoms with Gasteiger partial charge in [-0.3, -0.25) is 0 Å². The molecule has 3 aromatic carbocycles. The number of carboxylic acid groups (broad SMARTS) is 1. The quantitative estimate of drug-likeness (QED) is 0.640. The van der Waals surface area contributed by atoms with E-state index in [4.69, 9.17) is 5.73 Å². The van der Waals surface area contributed by atoms with Crippen molar-refractivity contribution in [2.75, 3.05) is 0 Å². The molecule has 1 atom stereocenters. The zero-order chi connectivity index (χ0) is 18.7. The first-order valence-electron chi connectivity index (χ1n) is 8.07. The van der Waals surface area contributed by atoms with Crippen molar-refractivity contribution in [1.82, 2.24) is 0 Å². The Labute approximate surface area is 177 Å². The Bertz CT molecular complexity index is 1000. The van der Waals surface area contributed by atoms with Crippen LogP contribution in [0.4, 0.5) is 8.78 Å². The molecule has 3 rings (SSSR count). The molecule has 0 saturated heterocycles. The van der Waals surface area contributed by atoms with Crippen molar-refractivity contribution in [3.63, 3.8) is 0 Å². The number of carbonyl (C=O) groups excluding carboxylic acids is 1. The van der Waals surface area contributed by atoms with E-state index in [0.29, 0.717) is 11.1 Å². The maximum atomic E-state index is 14.3. The monoisotopic (exact) mass is 375 g/mol. The molecule has 0 aliphatic carbocycles. The third kappa shape index (κ3) is 5.02. The van der Waals surface area contributed by atoms with Gasteiger partial charge in [0.2, 0.25) is 0 Å². The molecule has 3 aromatic rings. The second kappa shape index (κ2) is 9.24. The third-order valence-electron chi connectivity index (χ3n) is 4.16. The fourth-order valence-electron chi connectivity index (χ4n) is 2.79. The van der Waals surface area contributed by atoms with Gasteiger partial charge in [0.1, 0.15) is 11.6 Å². The van der Waals surface area contributed by atoms with E-state index in [-0.39, 0.29) is 41.5 Å². The first-order chi connectivity index (χ1) is 12.5. The van der Waals surface area contributed by atoms with Crippen LogP contribution in [-0.4, -0.2) is 12.0 Å². The zero-order valence-electron chi connectivity index (χ0n) is 14.8. The molecule has 0 aliphatic heterocycles. The van der Waals surface area contributed by atoms with Crippen LogP contribution in [0.5, 0.6) is 0 Å². The smallest absolute Gasteiger partial charge is 0.548 e. The van der Waals surface area contributed by atoms with Gasteiger partial charge in [0.25, 0.3) is 0 Å². The molecule has 0 aromatic heterocycles.